The molecule has 2 aliphatic rings. The van der Waals surface area contributed by atoms with Crippen LogP contribution in [0.5, 0.6) is 0 Å². The molecule has 1 aliphatic heterocycles. The van der Waals surface area contributed by atoms with Crippen molar-refractivity contribution in [2.75, 3.05) is 25.9 Å². The zero-order chi connectivity index (χ0) is 14.4. The Kier molecular flexibility index (Phi) is 6.69. The third-order valence-corrected chi connectivity index (χ3v) is 6.42. The first-order valence-corrected chi connectivity index (χ1v) is 9.33. The van der Waals surface area contributed by atoms with Crippen molar-refractivity contribution < 1.29 is 4.79 Å². The Balaban J connectivity index is 1.69. The lowest BCUT2D eigenvalue weighted by Gasteiger charge is -2.34. The predicted octanol–water partition coefficient (Wildman–Crippen LogP) is 2.90. The van der Waals surface area contributed by atoms with E-state index in [2.05, 4.69) is 12.2 Å². The molecule has 0 aromatic rings. The molecular weight excluding hydrogens is 268 g/mol. The lowest BCUT2D eigenvalue weighted by molar-refractivity contribution is -0.129. The van der Waals surface area contributed by atoms with Gasteiger partial charge in [-0.2, -0.15) is 0 Å². The van der Waals surface area contributed by atoms with E-state index in [0.717, 1.165) is 19.0 Å². The highest BCUT2D eigenvalue weighted by Crippen LogP contribution is 2.29. The van der Waals surface area contributed by atoms with Gasteiger partial charge in [-0.25, -0.2) is 0 Å². The summed E-state index contributed by atoms with van der Waals surface area (Å²) < 4.78 is 0. The van der Waals surface area contributed by atoms with Crippen LogP contribution in [0.25, 0.3) is 0 Å². The van der Waals surface area contributed by atoms with E-state index in [1.165, 1.54) is 44.9 Å². The number of amides is 1. The summed E-state index contributed by atoms with van der Waals surface area (Å²) >= 11 is 1.87. The number of thioether (sulfide) groups is 1. The minimum absolute atomic E-state index is 0.341. The van der Waals surface area contributed by atoms with Crippen LogP contribution >= 0.6 is 11.8 Å². The molecule has 2 rings (SSSR count). The number of hydrogen-bond donors (Lipinski definition) is 1. The SMILES string of the molecule is CCC1CCC(N(C)C(=O)CSC2CCNCC2)CC1. The van der Waals surface area contributed by atoms with Crippen molar-refractivity contribution in [3.8, 4) is 0 Å². The largest absolute Gasteiger partial charge is 0.342 e. The highest BCUT2D eigenvalue weighted by atomic mass is 32.2. The van der Waals surface area contributed by atoms with Gasteiger partial charge in [0, 0.05) is 18.3 Å². The highest BCUT2D eigenvalue weighted by Gasteiger charge is 2.26. The molecule has 4 heteroatoms. The Morgan fingerprint density at radius 2 is 1.80 bits per heavy atom. The smallest absolute Gasteiger partial charge is 0.232 e. The predicted molar refractivity (Wildman–Crippen MR) is 87.2 cm³/mol. The van der Waals surface area contributed by atoms with E-state index < -0.39 is 0 Å². The minimum Gasteiger partial charge on any atom is -0.342 e. The number of nitrogens with zero attached hydrogens (tertiary/aromatic N) is 1. The van der Waals surface area contributed by atoms with Gasteiger partial charge in [-0.3, -0.25) is 4.79 Å². The summed E-state index contributed by atoms with van der Waals surface area (Å²) in [5.74, 6) is 1.92. The molecule has 0 atom stereocenters. The summed E-state index contributed by atoms with van der Waals surface area (Å²) in [5, 5.41) is 4.06. The van der Waals surface area contributed by atoms with Gasteiger partial charge in [0.25, 0.3) is 0 Å². The maximum Gasteiger partial charge on any atom is 0.232 e. The Morgan fingerprint density at radius 1 is 1.15 bits per heavy atom. The normalized spacial score (nSPS) is 28.3. The molecule has 2 fully saturated rings. The summed E-state index contributed by atoms with van der Waals surface area (Å²) in [6, 6.07) is 0.499. The number of hydrogen-bond acceptors (Lipinski definition) is 3. The Labute approximate surface area is 128 Å². The van der Waals surface area contributed by atoms with Gasteiger partial charge in [0.15, 0.2) is 0 Å². The van der Waals surface area contributed by atoms with Crippen molar-refractivity contribution in [2.45, 2.75) is 63.2 Å². The van der Waals surface area contributed by atoms with Crippen molar-refractivity contribution in [3.05, 3.63) is 0 Å². The maximum atomic E-state index is 12.3. The Bertz CT molecular complexity index is 297. The molecule has 0 bridgehead atoms. The number of carbonyl (C=O) groups excluding carboxylic acids is 1. The van der Waals surface area contributed by atoms with E-state index >= 15 is 0 Å². The molecule has 0 aromatic heterocycles. The second-order valence-corrected chi connectivity index (χ2v) is 7.64. The summed E-state index contributed by atoms with van der Waals surface area (Å²) in [5.41, 5.74) is 0. The van der Waals surface area contributed by atoms with Crippen LogP contribution in [0, 0.1) is 5.92 Å². The molecule has 0 unspecified atom stereocenters. The standard InChI is InChI=1S/C16H30N2OS/c1-3-13-4-6-14(7-5-13)18(2)16(19)12-20-15-8-10-17-11-9-15/h13-15,17H,3-12H2,1-2H3. The molecule has 0 aromatic carbocycles. The fourth-order valence-corrected chi connectivity index (χ4v) is 4.55. The average molecular weight is 298 g/mol. The van der Waals surface area contributed by atoms with E-state index in [1.807, 2.05) is 23.7 Å². The van der Waals surface area contributed by atoms with Crippen molar-refractivity contribution in [1.82, 2.24) is 10.2 Å². The molecule has 1 N–H and O–H groups in total. The minimum atomic E-state index is 0.341. The molecule has 1 saturated heterocycles. The monoisotopic (exact) mass is 298 g/mol. The average Bonchev–Trinajstić information content (AvgIpc) is 2.53. The molecule has 1 aliphatic carbocycles. The molecule has 0 radical (unpaired) electrons. The number of piperidine rings is 1. The molecule has 1 heterocycles. The van der Waals surface area contributed by atoms with E-state index in [9.17, 15) is 4.79 Å². The van der Waals surface area contributed by atoms with E-state index in [0.29, 0.717) is 23.0 Å². The van der Waals surface area contributed by atoms with Gasteiger partial charge in [-0.15, -0.1) is 11.8 Å². The van der Waals surface area contributed by atoms with Crippen LogP contribution in [0.15, 0.2) is 0 Å². The molecule has 20 heavy (non-hydrogen) atoms. The quantitative estimate of drug-likeness (QED) is 0.847. The zero-order valence-corrected chi connectivity index (χ0v) is 13.9. The third-order valence-electron chi connectivity index (χ3n) is 5.06. The molecule has 0 spiro atoms. The van der Waals surface area contributed by atoms with E-state index in [4.69, 9.17) is 0 Å². The van der Waals surface area contributed by atoms with Crippen LogP contribution in [0.3, 0.4) is 0 Å². The van der Waals surface area contributed by atoms with Gasteiger partial charge in [-0.1, -0.05) is 13.3 Å². The molecular formula is C16H30N2OS. The molecule has 116 valence electrons. The Morgan fingerprint density at radius 3 is 2.40 bits per heavy atom. The molecule has 1 saturated carbocycles. The Hall–Kier alpha value is -0.220. The lowest BCUT2D eigenvalue weighted by Crippen LogP contribution is -2.40. The first kappa shape index (κ1) is 16.2. The summed E-state index contributed by atoms with van der Waals surface area (Å²) in [4.78, 5) is 14.4. The molecule has 3 nitrogen and oxygen atoms in total. The van der Waals surface area contributed by atoms with Crippen LogP contribution in [0.4, 0.5) is 0 Å². The van der Waals surface area contributed by atoms with Crippen molar-refractivity contribution >= 4 is 17.7 Å². The van der Waals surface area contributed by atoms with E-state index in [-0.39, 0.29) is 0 Å². The number of rotatable bonds is 5. The fourth-order valence-electron chi connectivity index (χ4n) is 3.40. The highest BCUT2D eigenvalue weighted by molar-refractivity contribution is 8.00. The zero-order valence-electron chi connectivity index (χ0n) is 13.1. The van der Waals surface area contributed by atoms with Gasteiger partial charge in [-0.05, 0) is 57.5 Å². The second kappa shape index (κ2) is 8.28. The van der Waals surface area contributed by atoms with Crippen LogP contribution in [0.1, 0.15) is 51.9 Å². The van der Waals surface area contributed by atoms with Crippen molar-refractivity contribution in [1.29, 1.82) is 0 Å². The van der Waals surface area contributed by atoms with Gasteiger partial charge in [0.05, 0.1) is 5.75 Å². The summed E-state index contributed by atoms with van der Waals surface area (Å²) in [6.45, 7) is 4.51. The van der Waals surface area contributed by atoms with Gasteiger partial charge < -0.3 is 10.2 Å². The first-order chi connectivity index (χ1) is 9.70. The second-order valence-electron chi connectivity index (χ2n) is 6.35. The number of carbonyl (C=O) groups is 1. The third kappa shape index (κ3) is 4.66. The number of nitrogens with one attached hydrogen (secondary N) is 1. The van der Waals surface area contributed by atoms with Crippen molar-refractivity contribution in [3.63, 3.8) is 0 Å². The summed E-state index contributed by atoms with van der Waals surface area (Å²) in [6.07, 6.45) is 8.75. The topological polar surface area (TPSA) is 32.3 Å². The fraction of sp³-hybridized carbons (Fsp3) is 0.938. The van der Waals surface area contributed by atoms with Crippen molar-refractivity contribution in [2.24, 2.45) is 5.92 Å². The lowest BCUT2D eigenvalue weighted by atomic mass is 9.84. The van der Waals surface area contributed by atoms with E-state index in [1.54, 1.807) is 0 Å². The van der Waals surface area contributed by atoms with Gasteiger partial charge >= 0.3 is 0 Å². The van der Waals surface area contributed by atoms with Crippen LogP contribution in [-0.2, 0) is 4.79 Å². The first-order valence-electron chi connectivity index (χ1n) is 8.28. The summed E-state index contributed by atoms with van der Waals surface area (Å²) in [7, 11) is 2.02. The molecule has 1 amide bonds. The maximum absolute atomic E-state index is 12.3. The van der Waals surface area contributed by atoms with Crippen LogP contribution < -0.4 is 5.32 Å². The van der Waals surface area contributed by atoms with Gasteiger partial charge in [0.1, 0.15) is 0 Å². The van der Waals surface area contributed by atoms with Gasteiger partial charge in [0.2, 0.25) is 5.91 Å². The van der Waals surface area contributed by atoms with Crippen LogP contribution in [-0.4, -0.2) is 48.0 Å². The van der Waals surface area contributed by atoms with Crippen LogP contribution in [0.2, 0.25) is 0 Å².